The lowest BCUT2D eigenvalue weighted by Gasteiger charge is -2.65. The molecule has 0 spiro atoms. The largest absolute Gasteiger partial charge is 0.457 e. The first kappa shape index (κ1) is 55.0. The molecule has 32 saturated carbocycles. The average Bonchev–Trinajstić information content (AvgIpc) is 0.676. The molecular formula is C92H122O. The van der Waals surface area contributed by atoms with Crippen LogP contribution in [0.4, 0.5) is 0 Å². The highest BCUT2D eigenvalue weighted by molar-refractivity contribution is 5.68. The van der Waals surface area contributed by atoms with Crippen LogP contribution in [0.3, 0.4) is 0 Å². The quantitative estimate of drug-likeness (QED) is 0.230. The molecular weight excluding hydrogens is 1120 g/mol. The second-order valence-electron chi connectivity index (χ2n) is 45.8. The monoisotopic (exact) mass is 1240 g/mol. The molecule has 32 aliphatic rings. The Labute approximate surface area is 563 Å². The summed E-state index contributed by atoms with van der Waals surface area (Å²) in [6.45, 7) is 0. The van der Waals surface area contributed by atoms with Crippen LogP contribution in [0.15, 0.2) is 12.1 Å². The van der Waals surface area contributed by atoms with Crippen molar-refractivity contribution >= 4 is 0 Å². The summed E-state index contributed by atoms with van der Waals surface area (Å²) in [5.74, 6) is 26.6. The van der Waals surface area contributed by atoms with Crippen molar-refractivity contribution in [2.24, 2.45) is 142 Å². The summed E-state index contributed by atoms with van der Waals surface area (Å²) in [5.41, 5.74) is 20.1. The van der Waals surface area contributed by atoms with E-state index in [2.05, 4.69) is 56.6 Å². The first-order chi connectivity index (χ1) is 45.3. The van der Waals surface area contributed by atoms with Gasteiger partial charge in [-0.1, -0.05) is 0 Å². The van der Waals surface area contributed by atoms with E-state index in [1.54, 1.807) is 281 Å². The molecule has 32 fully saturated rings. The number of rotatable bonds is 10. The van der Waals surface area contributed by atoms with Gasteiger partial charge in [0.2, 0.25) is 0 Å². The molecule has 93 heavy (non-hydrogen) atoms. The second-order valence-corrected chi connectivity index (χ2v) is 45.8. The van der Waals surface area contributed by atoms with Crippen LogP contribution in [0.5, 0.6) is 11.5 Å². The fourth-order valence-corrected chi connectivity index (χ4v) is 41.0. The van der Waals surface area contributed by atoms with Crippen molar-refractivity contribution in [1.29, 1.82) is 0 Å². The van der Waals surface area contributed by atoms with Gasteiger partial charge >= 0.3 is 0 Å². The van der Waals surface area contributed by atoms with E-state index in [0.29, 0.717) is 43.3 Å². The minimum Gasteiger partial charge on any atom is -0.457 e. The van der Waals surface area contributed by atoms with Crippen molar-refractivity contribution < 1.29 is 4.74 Å². The number of hydrogen-bond donors (Lipinski definition) is 0. The highest BCUT2D eigenvalue weighted by Gasteiger charge is 2.68. The third-order valence-electron chi connectivity index (χ3n) is 39.4. The van der Waals surface area contributed by atoms with Gasteiger partial charge in [0, 0.05) is 22.0 Å². The molecule has 0 aliphatic heterocycles. The Hall–Kier alpha value is -1.76. The fraction of sp³-hybridized carbons (Fsp3) is 0.870. The van der Waals surface area contributed by atoms with E-state index in [4.69, 9.17) is 0 Å². The minimum absolute atomic E-state index is 0.297. The molecule has 2 aromatic rings. The first-order valence-corrected chi connectivity index (χ1v) is 43.4. The molecule has 0 unspecified atom stereocenters. The van der Waals surface area contributed by atoms with Gasteiger partial charge in [-0.05, 0) is 528 Å². The van der Waals surface area contributed by atoms with Gasteiger partial charge in [0.25, 0.3) is 0 Å². The third-order valence-corrected chi connectivity index (χ3v) is 39.4. The highest BCUT2D eigenvalue weighted by Crippen LogP contribution is 2.77. The summed E-state index contributed by atoms with van der Waals surface area (Å²) in [4.78, 5) is 0. The lowest BCUT2D eigenvalue weighted by molar-refractivity contribution is -0.0300. The average molecular weight is 1240 g/mol. The maximum atomic E-state index is 9.78. The lowest BCUT2D eigenvalue weighted by atomic mass is 9.39. The molecule has 0 heterocycles. The molecule has 0 aromatic heterocycles. The van der Waals surface area contributed by atoms with Gasteiger partial charge in [-0.2, -0.15) is 0 Å². The Kier molecular flexibility index (Phi) is 10.7. The van der Waals surface area contributed by atoms with Crippen molar-refractivity contribution in [2.45, 2.75) is 352 Å². The summed E-state index contributed by atoms with van der Waals surface area (Å²) in [7, 11) is 0. The predicted molar refractivity (Wildman–Crippen MR) is 372 cm³/mol. The molecule has 1 heteroatoms. The molecule has 34 rings (SSSR count). The molecule has 32 bridgehead atoms. The normalized spacial score (nSPS) is 59.0. The standard InChI is InChI=1S/C92H122O/c1-51-2-53-3-52(1)28-85(27-51,29-53)75-25-77(81(89-39-63-13-64(40-89)15-65(14-63)41-89)83(91-45-69-19-70(46-91)21-71(20-69)47-91)79(75)87-33-57-7-58(34-87)9-59(8-57)35-87)93-78-26-76(86-30-54-4-55(31-86)6-56(5-54)32-86)80(88-36-60-10-61(37-88)12-62(11-60)38-88)84(92-48-72-22-73(49-92)24-74(23-72)50-92)82(78)90-42-66-16-67(43-90)18-68(17-66)44-90/h25-26,51-74H,1-24,27-50H2. The van der Waals surface area contributed by atoms with Crippen LogP contribution in [-0.4, -0.2) is 0 Å². The van der Waals surface area contributed by atoms with Crippen molar-refractivity contribution in [3.8, 4) is 11.5 Å². The molecule has 0 saturated heterocycles. The van der Waals surface area contributed by atoms with Gasteiger partial charge in [-0.3, -0.25) is 0 Å². The predicted octanol–water partition coefficient (Wildman–Crippen LogP) is 23.2. The Morgan fingerprint density at radius 3 is 0.452 bits per heavy atom. The van der Waals surface area contributed by atoms with E-state index >= 15 is 0 Å². The number of hydrogen-bond acceptors (Lipinski definition) is 1. The maximum absolute atomic E-state index is 9.78. The first-order valence-electron chi connectivity index (χ1n) is 43.4. The van der Waals surface area contributed by atoms with Crippen molar-refractivity contribution in [1.82, 2.24) is 0 Å². The number of ether oxygens (including phenoxy) is 1. The van der Waals surface area contributed by atoms with Gasteiger partial charge < -0.3 is 4.74 Å². The Morgan fingerprint density at radius 1 is 0.161 bits per heavy atom. The lowest BCUT2D eigenvalue weighted by Crippen LogP contribution is -2.57. The third kappa shape index (κ3) is 7.49. The van der Waals surface area contributed by atoms with E-state index < -0.39 is 0 Å². The van der Waals surface area contributed by atoms with Crippen molar-refractivity contribution in [3.63, 3.8) is 0 Å². The van der Waals surface area contributed by atoms with Crippen LogP contribution in [-0.2, 0) is 43.3 Å². The zero-order chi connectivity index (χ0) is 59.7. The van der Waals surface area contributed by atoms with E-state index in [1.165, 1.54) is 38.5 Å². The molecule has 2 aromatic carbocycles. The Bertz CT molecular complexity index is 3040. The van der Waals surface area contributed by atoms with Crippen LogP contribution in [0.2, 0.25) is 0 Å². The van der Waals surface area contributed by atoms with Gasteiger partial charge in [-0.15, -0.1) is 0 Å². The Morgan fingerprint density at radius 2 is 0.290 bits per heavy atom. The van der Waals surface area contributed by atoms with Crippen LogP contribution in [0.25, 0.3) is 0 Å². The molecule has 1 nitrogen and oxygen atoms in total. The van der Waals surface area contributed by atoms with Crippen molar-refractivity contribution in [2.75, 3.05) is 0 Å². The van der Waals surface area contributed by atoms with Crippen LogP contribution in [0.1, 0.15) is 353 Å². The molecule has 496 valence electrons. The molecule has 32 aliphatic carbocycles. The highest BCUT2D eigenvalue weighted by atomic mass is 16.5. The smallest absolute Gasteiger partial charge is 0.131 e. The second kappa shape index (κ2) is 18.1. The van der Waals surface area contributed by atoms with E-state index in [1.807, 2.05) is 0 Å². The minimum atomic E-state index is 0.297. The Balaban J connectivity index is 0.809. The fourth-order valence-electron chi connectivity index (χ4n) is 41.0. The van der Waals surface area contributed by atoms with Crippen LogP contribution in [0, 0.1) is 142 Å². The zero-order valence-electron chi connectivity index (χ0n) is 58.4. The van der Waals surface area contributed by atoms with Gasteiger partial charge in [0.1, 0.15) is 11.5 Å². The summed E-state index contributed by atoms with van der Waals surface area (Å²) in [6.07, 6.45) is 75.1. The molecule has 0 atom stereocenters. The summed E-state index contributed by atoms with van der Waals surface area (Å²) in [5, 5.41) is 0. The maximum Gasteiger partial charge on any atom is 0.131 e. The summed E-state index contributed by atoms with van der Waals surface area (Å²) < 4.78 is 9.78. The van der Waals surface area contributed by atoms with Crippen molar-refractivity contribution in [3.05, 3.63) is 56.6 Å². The summed E-state index contributed by atoms with van der Waals surface area (Å²) in [6, 6.07) is 6.59. The van der Waals surface area contributed by atoms with Gasteiger partial charge in [-0.25, -0.2) is 0 Å². The molecule has 0 N–H and O–H groups in total. The zero-order valence-corrected chi connectivity index (χ0v) is 58.4. The van der Waals surface area contributed by atoms with E-state index in [-0.39, 0.29) is 0 Å². The molecule has 0 radical (unpaired) electrons. The van der Waals surface area contributed by atoms with Gasteiger partial charge in [0.05, 0.1) is 0 Å². The topological polar surface area (TPSA) is 9.23 Å². The van der Waals surface area contributed by atoms with E-state index in [0.717, 1.165) is 142 Å². The molecule has 0 amide bonds. The van der Waals surface area contributed by atoms with Crippen LogP contribution < -0.4 is 4.74 Å². The number of benzene rings is 2. The van der Waals surface area contributed by atoms with Gasteiger partial charge in [0.15, 0.2) is 0 Å². The summed E-state index contributed by atoms with van der Waals surface area (Å²) >= 11 is 0. The SMILES string of the molecule is c1c(Oc2cc(C34CC5CC(CC(C5)C3)C4)c(C34CC5CC(CC(C5)C3)C4)c(C34CC5CC(CC(C5)C3)C4)c2C23CC4CC(CC(C4)C2)C3)c(C23CC4CC(CC(C4)C2)C3)c(C23CC4CC(CC(C4)C2)C3)c(C23CC4CC(CC(C4)C2)C3)c1C12CC3CC(CC(C3)C1)C2. The van der Waals surface area contributed by atoms with E-state index in [9.17, 15) is 4.74 Å². The van der Waals surface area contributed by atoms with Crippen LogP contribution >= 0.6 is 0 Å².